The van der Waals surface area contributed by atoms with Crippen LogP contribution in [-0.2, 0) is 6.54 Å². The third kappa shape index (κ3) is 2.99. The fourth-order valence-corrected chi connectivity index (χ4v) is 3.12. The van der Waals surface area contributed by atoms with Gasteiger partial charge in [0.25, 0.3) is 0 Å². The lowest BCUT2D eigenvalue weighted by atomic mass is 10.1. The van der Waals surface area contributed by atoms with Crippen LogP contribution in [0.15, 0.2) is 60.9 Å². The Balaban J connectivity index is 1.65. The van der Waals surface area contributed by atoms with Crippen LogP contribution in [0.2, 0.25) is 0 Å². The van der Waals surface area contributed by atoms with Gasteiger partial charge in [-0.25, -0.2) is 4.98 Å². The molecule has 130 valence electrons. The zero-order chi connectivity index (χ0) is 18.1. The Kier molecular flexibility index (Phi) is 4.05. The Labute approximate surface area is 152 Å². The van der Waals surface area contributed by atoms with Crippen molar-refractivity contribution in [2.45, 2.75) is 20.4 Å². The van der Waals surface area contributed by atoms with Crippen molar-refractivity contribution in [3.63, 3.8) is 0 Å². The normalized spacial score (nSPS) is 11.0. The van der Waals surface area contributed by atoms with Gasteiger partial charge in [-0.2, -0.15) is 9.61 Å². The minimum Gasteiger partial charge on any atom is -0.399 e. The van der Waals surface area contributed by atoms with Gasteiger partial charge in [-0.1, -0.05) is 35.9 Å². The zero-order valence-corrected chi connectivity index (χ0v) is 14.9. The zero-order valence-electron chi connectivity index (χ0n) is 14.9. The van der Waals surface area contributed by atoms with Crippen molar-refractivity contribution in [1.29, 1.82) is 0 Å². The maximum atomic E-state index is 5.79. The van der Waals surface area contributed by atoms with Gasteiger partial charge < -0.3 is 11.1 Å². The molecule has 4 rings (SSSR count). The van der Waals surface area contributed by atoms with Gasteiger partial charge in [0.2, 0.25) is 0 Å². The Morgan fingerprint density at radius 2 is 1.85 bits per heavy atom. The Morgan fingerprint density at radius 1 is 1.04 bits per heavy atom. The van der Waals surface area contributed by atoms with E-state index in [-0.39, 0.29) is 0 Å². The summed E-state index contributed by atoms with van der Waals surface area (Å²) in [5.74, 6) is 0.914. The molecule has 4 aromatic rings. The molecule has 0 spiro atoms. The number of nitrogen functional groups attached to an aromatic ring is 1. The number of nitrogens with zero attached hydrogens (tertiary/aromatic N) is 3. The van der Waals surface area contributed by atoms with Crippen molar-refractivity contribution in [2.75, 3.05) is 11.1 Å². The molecular formula is C21H21N5. The fraction of sp³-hybridized carbons (Fsp3) is 0.143. The van der Waals surface area contributed by atoms with E-state index in [2.05, 4.69) is 47.4 Å². The second-order valence-electron chi connectivity index (χ2n) is 6.53. The van der Waals surface area contributed by atoms with Gasteiger partial charge in [0.15, 0.2) is 5.65 Å². The molecule has 0 saturated carbocycles. The summed E-state index contributed by atoms with van der Waals surface area (Å²) in [4.78, 5) is 4.51. The largest absolute Gasteiger partial charge is 0.399 e. The van der Waals surface area contributed by atoms with Gasteiger partial charge in [0, 0.05) is 24.0 Å². The van der Waals surface area contributed by atoms with Crippen molar-refractivity contribution in [3.8, 4) is 11.1 Å². The second-order valence-corrected chi connectivity index (χ2v) is 6.53. The van der Waals surface area contributed by atoms with Gasteiger partial charge in [0.1, 0.15) is 5.82 Å². The molecule has 0 aliphatic heterocycles. The predicted molar refractivity (Wildman–Crippen MR) is 106 cm³/mol. The minimum absolute atomic E-state index is 0.738. The molecular weight excluding hydrogens is 322 g/mol. The maximum Gasteiger partial charge on any atom is 0.165 e. The summed E-state index contributed by atoms with van der Waals surface area (Å²) in [5.41, 5.74) is 13.2. The maximum absolute atomic E-state index is 5.79. The summed E-state index contributed by atoms with van der Waals surface area (Å²) in [6.45, 7) is 4.99. The molecule has 2 heterocycles. The molecule has 0 aliphatic rings. The number of rotatable bonds is 4. The molecule has 5 nitrogen and oxygen atoms in total. The van der Waals surface area contributed by atoms with Crippen molar-refractivity contribution < 1.29 is 0 Å². The number of benzene rings is 2. The molecule has 5 heteroatoms. The topological polar surface area (TPSA) is 68.2 Å². The number of nitrogens with two attached hydrogens (primary N) is 1. The van der Waals surface area contributed by atoms with Crippen molar-refractivity contribution in [3.05, 3.63) is 77.6 Å². The molecule has 2 aromatic heterocycles. The minimum atomic E-state index is 0.738. The SMILES string of the molecule is Cc1ccc(CNc2ccnc3c(-c4ccc(N)cc4)cnn23)c(C)c1. The first-order chi connectivity index (χ1) is 12.6. The van der Waals surface area contributed by atoms with E-state index in [9.17, 15) is 0 Å². The highest BCUT2D eigenvalue weighted by atomic mass is 15.3. The van der Waals surface area contributed by atoms with Crippen LogP contribution in [0.1, 0.15) is 16.7 Å². The van der Waals surface area contributed by atoms with Crippen LogP contribution in [0.4, 0.5) is 11.5 Å². The van der Waals surface area contributed by atoms with E-state index in [0.717, 1.165) is 34.8 Å². The quantitative estimate of drug-likeness (QED) is 0.545. The second kappa shape index (κ2) is 6.52. The van der Waals surface area contributed by atoms with E-state index in [1.807, 2.05) is 47.2 Å². The van der Waals surface area contributed by atoms with Gasteiger partial charge in [-0.3, -0.25) is 0 Å². The smallest absolute Gasteiger partial charge is 0.165 e. The fourth-order valence-electron chi connectivity index (χ4n) is 3.12. The standard InChI is InChI=1S/C21H21N5/c1-14-3-4-17(15(2)11-14)12-24-20-9-10-23-21-19(13-25-26(20)21)16-5-7-18(22)8-6-16/h3-11,13,24H,12,22H2,1-2H3. The van der Waals surface area contributed by atoms with Crippen LogP contribution in [-0.4, -0.2) is 14.6 Å². The lowest BCUT2D eigenvalue weighted by Crippen LogP contribution is -2.06. The van der Waals surface area contributed by atoms with Crippen LogP contribution in [0, 0.1) is 13.8 Å². The molecule has 0 unspecified atom stereocenters. The van der Waals surface area contributed by atoms with Gasteiger partial charge in [-0.05, 0) is 48.7 Å². The number of hydrogen-bond acceptors (Lipinski definition) is 4. The summed E-state index contributed by atoms with van der Waals surface area (Å²) in [6, 6.07) is 16.2. The third-order valence-electron chi connectivity index (χ3n) is 4.58. The summed E-state index contributed by atoms with van der Waals surface area (Å²) in [7, 11) is 0. The number of nitrogens with one attached hydrogen (secondary N) is 1. The van der Waals surface area contributed by atoms with E-state index in [1.165, 1.54) is 16.7 Å². The molecule has 0 saturated heterocycles. The van der Waals surface area contributed by atoms with Crippen molar-refractivity contribution in [2.24, 2.45) is 0 Å². The summed E-state index contributed by atoms with van der Waals surface area (Å²) in [6.07, 6.45) is 3.65. The van der Waals surface area contributed by atoms with Gasteiger partial charge in [-0.15, -0.1) is 0 Å². The van der Waals surface area contributed by atoms with Crippen LogP contribution in [0.5, 0.6) is 0 Å². The molecule has 0 aliphatic carbocycles. The number of fused-ring (bicyclic) bond motifs is 1. The molecule has 0 bridgehead atoms. The Bertz CT molecular complexity index is 1060. The summed E-state index contributed by atoms with van der Waals surface area (Å²) in [5, 5.41) is 8.01. The van der Waals surface area contributed by atoms with E-state index in [0.29, 0.717) is 0 Å². The molecule has 0 radical (unpaired) electrons. The van der Waals surface area contributed by atoms with E-state index >= 15 is 0 Å². The number of anilines is 2. The molecule has 0 amide bonds. The summed E-state index contributed by atoms with van der Waals surface area (Å²) < 4.78 is 1.84. The lowest BCUT2D eigenvalue weighted by Gasteiger charge is -2.11. The van der Waals surface area contributed by atoms with Gasteiger partial charge in [0.05, 0.1) is 6.20 Å². The van der Waals surface area contributed by atoms with Crippen LogP contribution < -0.4 is 11.1 Å². The first kappa shape index (κ1) is 16.1. The summed E-state index contributed by atoms with van der Waals surface area (Å²) >= 11 is 0. The molecule has 3 N–H and O–H groups in total. The third-order valence-corrected chi connectivity index (χ3v) is 4.58. The highest BCUT2D eigenvalue weighted by Crippen LogP contribution is 2.26. The van der Waals surface area contributed by atoms with Crippen LogP contribution >= 0.6 is 0 Å². The number of hydrogen-bond donors (Lipinski definition) is 2. The Hall–Kier alpha value is -3.34. The highest BCUT2D eigenvalue weighted by molar-refractivity contribution is 5.78. The monoisotopic (exact) mass is 343 g/mol. The number of aromatic nitrogens is 3. The molecule has 0 fully saturated rings. The molecule has 26 heavy (non-hydrogen) atoms. The van der Waals surface area contributed by atoms with E-state index in [4.69, 9.17) is 5.73 Å². The Morgan fingerprint density at radius 3 is 2.62 bits per heavy atom. The number of aryl methyl sites for hydroxylation is 2. The van der Waals surface area contributed by atoms with Crippen molar-refractivity contribution >= 4 is 17.2 Å². The first-order valence-corrected chi connectivity index (χ1v) is 8.60. The van der Waals surface area contributed by atoms with E-state index < -0.39 is 0 Å². The average Bonchev–Trinajstić information content (AvgIpc) is 3.06. The first-order valence-electron chi connectivity index (χ1n) is 8.60. The lowest BCUT2D eigenvalue weighted by molar-refractivity contribution is 0.923. The average molecular weight is 343 g/mol. The molecule has 0 atom stereocenters. The predicted octanol–water partition coefficient (Wildman–Crippen LogP) is 4.21. The highest BCUT2D eigenvalue weighted by Gasteiger charge is 2.10. The molecule has 2 aromatic carbocycles. The van der Waals surface area contributed by atoms with Crippen LogP contribution in [0.3, 0.4) is 0 Å². The van der Waals surface area contributed by atoms with Crippen molar-refractivity contribution in [1.82, 2.24) is 14.6 Å². The van der Waals surface area contributed by atoms with Crippen LogP contribution in [0.25, 0.3) is 16.8 Å². The van der Waals surface area contributed by atoms with E-state index in [1.54, 1.807) is 0 Å². The van der Waals surface area contributed by atoms with Gasteiger partial charge >= 0.3 is 0 Å².